The highest BCUT2D eigenvalue weighted by atomic mass is 16.5. The molecule has 8 heteroatoms. The van der Waals surface area contributed by atoms with Crippen LogP contribution in [0.2, 0.25) is 0 Å². The van der Waals surface area contributed by atoms with Crippen LogP contribution in [0.1, 0.15) is 33.1 Å². The Hall–Kier alpha value is -1.83. The first-order chi connectivity index (χ1) is 9.82. The number of aliphatic carboxylic acids is 1. The van der Waals surface area contributed by atoms with E-state index in [1.165, 1.54) is 0 Å². The third kappa shape index (κ3) is 11.7. The maximum absolute atomic E-state index is 11.5. The normalized spacial score (nSPS) is 12.0. The largest absolute Gasteiger partial charge is 0.480 e. The second-order valence-electron chi connectivity index (χ2n) is 5.09. The Morgan fingerprint density at radius 1 is 1.19 bits per heavy atom. The molecule has 0 saturated carbocycles. The number of amides is 3. The van der Waals surface area contributed by atoms with Gasteiger partial charge in [-0.2, -0.15) is 0 Å². The summed E-state index contributed by atoms with van der Waals surface area (Å²) in [6.07, 6.45) is 0.805. The Labute approximate surface area is 124 Å². The molecule has 0 heterocycles. The molecule has 0 fully saturated rings. The molecule has 122 valence electrons. The van der Waals surface area contributed by atoms with Gasteiger partial charge in [0.25, 0.3) is 0 Å². The summed E-state index contributed by atoms with van der Waals surface area (Å²) in [4.78, 5) is 33.0. The second kappa shape index (κ2) is 10.9. The summed E-state index contributed by atoms with van der Waals surface area (Å²) in [5, 5.41) is 13.7. The van der Waals surface area contributed by atoms with E-state index < -0.39 is 23.9 Å². The SMILES string of the molecule is CC(C)CCOCCNC(=O)N[C@H](CCC(N)=O)C(=O)O. The molecule has 3 amide bonds. The van der Waals surface area contributed by atoms with E-state index in [2.05, 4.69) is 24.5 Å². The van der Waals surface area contributed by atoms with Gasteiger partial charge >= 0.3 is 12.0 Å². The van der Waals surface area contributed by atoms with Crippen LogP contribution < -0.4 is 16.4 Å². The molecule has 0 aromatic carbocycles. The van der Waals surface area contributed by atoms with Crippen LogP contribution in [0.3, 0.4) is 0 Å². The van der Waals surface area contributed by atoms with E-state index in [0.29, 0.717) is 19.1 Å². The van der Waals surface area contributed by atoms with Crippen molar-refractivity contribution in [3.63, 3.8) is 0 Å². The van der Waals surface area contributed by atoms with Gasteiger partial charge < -0.3 is 26.2 Å². The number of carboxylic acids is 1. The van der Waals surface area contributed by atoms with Crippen LogP contribution in [0.4, 0.5) is 4.79 Å². The number of hydrogen-bond acceptors (Lipinski definition) is 4. The minimum Gasteiger partial charge on any atom is -0.480 e. The zero-order chi connectivity index (χ0) is 16.3. The van der Waals surface area contributed by atoms with Crippen molar-refractivity contribution in [1.82, 2.24) is 10.6 Å². The topological polar surface area (TPSA) is 131 Å². The van der Waals surface area contributed by atoms with Crippen LogP contribution in [0.15, 0.2) is 0 Å². The number of ether oxygens (including phenoxy) is 1. The number of nitrogens with one attached hydrogen (secondary N) is 2. The quantitative estimate of drug-likeness (QED) is 0.401. The molecule has 0 aromatic rings. The van der Waals surface area contributed by atoms with Gasteiger partial charge in [0.2, 0.25) is 5.91 Å². The standard InChI is InChI=1S/C13H25N3O5/c1-9(2)5-7-21-8-6-15-13(20)16-10(12(18)19)3-4-11(14)17/h9-10H,3-8H2,1-2H3,(H2,14,17)(H,18,19)(H2,15,16,20)/t10-/m1/s1. The Morgan fingerprint density at radius 3 is 2.38 bits per heavy atom. The van der Waals surface area contributed by atoms with Crippen molar-refractivity contribution < 1.29 is 24.2 Å². The van der Waals surface area contributed by atoms with Gasteiger partial charge in [0, 0.05) is 19.6 Å². The lowest BCUT2D eigenvalue weighted by atomic mass is 10.1. The van der Waals surface area contributed by atoms with Gasteiger partial charge in [0.1, 0.15) is 6.04 Å². The molecule has 0 unspecified atom stereocenters. The van der Waals surface area contributed by atoms with Crippen LogP contribution >= 0.6 is 0 Å². The first kappa shape index (κ1) is 19.2. The van der Waals surface area contributed by atoms with Crippen molar-refractivity contribution in [2.75, 3.05) is 19.8 Å². The van der Waals surface area contributed by atoms with E-state index >= 15 is 0 Å². The zero-order valence-corrected chi connectivity index (χ0v) is 12.6. The molecule has 21 heavy (non-hydrogen) atoms. The molecular weight excluding hydrogens is 278 g/mol. The number of carbonyl (C=O) groups is 3. The van der Waals surface area contributed by atoms with Crippen molar-refractivity contribution >= 4 is 17.9 Å². The second-order valence-corrected chi connectivity index (χ2v) is 5.09. The average molecular weight is 303 g/mol. The van der Waals surface area contributed by atoms with Gasteiger partial charge in [-0.25, -0.2) is 9.59 Å². The third-order valence-electron chi connectivity index (χ3n) is 2.65. The third-order valence-corrected chi connectivity index (χ3v) is 2.65. The number of primary amides is 1. The molecule has 5 N–H and O–H groups in total. The van der Waals surface area contributed by atoms with Gasteiger partial charge in [-0.15, -0.1) is 0 Å². The van der Waals surface area contributed by atoms with E-state index in [4.69, 9.17) is 15.6 Å². The summed E-state index contributed by atoms with van der Waals surface area (Å²) >= 11 is 0. The number of rotatable bonds is 11. The van der Waals surface area contributed by atoms with Crippen molar-refractivity contribution in [2.24, 2.45) is 11.7 Å². The van der Waals surface area contributed by atoms with Crippen LogP contribution in [0.5, 0.6) is 0 Å². The summed E-state index contributed by atoms with van der Waals surface area (Å²) in [6.45, 7) is 5.45. The first-order valence-corrected chi connectivity index (χ1v) is 6.96. The monoisotopic (exact) mass is 303 g/mol. The highest BCUT2D eigenvalue weighted by Gasteiger charge is 2.20. The number of urea groups is 1. The molecular formula is C13H25N3O5. The van der Waals surface area contributed by atoms with Crippen molar-refractivity contribution in [3.05, 3.63) is 0 Å². The zero-order valence-electron chi connectivity index (χ0n) is 12.6. The lowest BCUT2D eigenvalue weighted by Gasteiger charge is -2.14. The smallest absolute Gasteiger partial charge is 0.326 e. The Balaban J connectivity index is 3.83. The average Bonchev–Trinajstić information content (AvgIpc) is 2.37. The predicted molar refractivity (Wildman–Crippen MR) is 76.7 cm³/mol. The maximum Gasteiger partial charge on any atom is 0.326 e. The van der Waals surface area contributed by atoms with E-state index in [1.54, 1.807) is 0 Å². The van der Waals surface area contributed by atoms with Gasteiger partial charge in [-0.05, 0) is 18.8 Å². The van der Waals surface area contributed by atoms with Crippen LogP contribution in [-0.4, -0.2) is 48.8 Å². The fraction of sp³-hybridized carbons (Fsp3) is 0.769. The fourth-order valence-corrected chi connectivity index (χ4v) is 1.41. The molecule has 0 radical (unpaired) electrons. The van der Waals surface area contributed by atoms with Crippen LogP contribution in [0.25, 0.3) is 0 Å². The molecule has 8 nitrogen and oxygen atoms in total. The summed E-state index contributed by atoms with van der Waals surface area (Å²) in [6, 6.07) is -1.75. The summed E-state index contributed by atoms with van der Waals surface area (Å²) in [5.74, 6) is -1.26. The number of carboxylic acid groups (broad SMARTS) is 1. The summed E-state index contributed by atoms with van der Waals surface area (Å²) in [7, 11) is 0. The summed E-state index contributed by atoms with van der Waals surface area (Å²) < 4.78 is 5.31. The Bertz CT molecular complexity index is 347. The maximum atomic E-state index is 11.5. The lowest BCUT2D eigenvalue weighted by Crippen LogP contribution is -2.47. The van der Waals surface area contributed by atoms with Gasteiger partial charge in [-0.1, -0.05) is 13.8 Å². The van der Waals surface area contributed by atoms with Gasteiger partial charge in [0.05, 0.1) is 6.61 Å². The molecule has 0 bridgehead atoms. The highest BCUT2D eigenvalue weighted by Crippen LogP contribution is 1.98. The molecule has 1 atom stereocenters. The van der Waals surface area contributed by atoms with Gasteiger partial charge in [0.15, 0.2) is 0 Å². The Kier molecular flexibility index (Phi) is 9.95. The molecule has 0 aromatic heterocycles. The van der Waals surface area contributed by atoms with Crippen LogP contribution in [0, 0.1) is 5.92 Å². The summed E-state index contributed by atoms with van der Waals surface area (Å²) in [5.41, 5.74) is 4.94. The van der Waals surface area contributed by atoms with Crippen LogP contribution in [-0.2, 0) is 14.3 Å². The first-order valence-electron chi connectivity index (χ1n) is 6.96. The molecule has 0 aliphatic rings. The highest BCUT2D eigenvalue weighted by molar-refractivity contribution is 5.83. The number of carbonyl (C=O) groups excluding carboxylic acids is 2. The minimum absolute atomic E-state index is 0.0387. The van der Waals surface area contributed by atoms with E-state index in [0.717, 1.165) is 6.42 Å². The van der Waals surface area contributed by atoms with E-state index in [9.17, 15) is 14.4 Å². The van der Waals surface area contributed by atoms with Crippen molar-refractivity contribution in [1.29, 1.82) is 0 Å². The number of nitrogens with two attached hydrogens (primary N) is 1. The molecule has 0 spiro atoms. The predicted octanol–water partition coefficient (Wildman–Crippen LogP) is 0.0670. The molecule has 0 aliphatic carbocycles. The fourth-order valence-electron chi connectivity index (χ4n) is 1.41. The Morgan fingerprint density at radius 2 is 1.86 bits per heavy atom. The van der Waals surface area contributed by atoms with Crippen molar-refractivity contribution in [3.8, 4) is 0 Å². The molecule has 0 rings (SSSR count). The van der Waals surface area contributed by atoms with E-state index in [1.807, 2.05) is 0 Å². The lowest BCUT2D eigenvalue weighted by molar-refractivity contribution is -0.139. The minimum atomic E-state index is -1.21. The van der Waals surface area contributed by atoms with Gasteiger partial charge in [-0.3, -0.25) is 4.79 Å². The number of hydrogen-bond donors (Lipinski definition) is 4. The van der Waals surface area contributed by atoms with Crippen molar-refractivity contribution in [2.45, 2.75) is 39.2 Å². The molecule has 0 saturated heterocycles. The van der Waals surface area contributed by atoms with E-state index in [-0.39, 0.29) is 19.4 Å². The molecule has 0 aliphatic heterocycles.